The lowest BCUT2D eigenvalue weighted by Gasteiger charge is -2.32. The minimum atomic E-state index is -0.214. The predicted molar refractivity (Wildman–Crippen MR) is 81.4 cm³/mol. The van der Waals surface area contributed by atoms with Gasteiger partial charge in [0.15, 0.2) is 0 Å². The van der Waals surface area contributed by atoms with Gasteiger partial charge in [-0.2, -0.15) is 0 Å². The molecule has 0 bridgehead atoms. The number of aliphatic hydroxyl groups is 1. The Morgan fingerprint density at radius 1 is 1.24 bits per heavy atom. The molecule has 5 heteroatoms. The molecule has 1 unspecified atom stereocenters. The van der Waals surface area contributed by atoms with E-state index in [9.17, 15) is 5.11 Å². The highest BCUT2D eigenvalue weighted by Crippen LogP contribution is 2.31. The van der Waals surface area contributed by atoms with Crippen molar-refractivity contribution < 1.29 is 9.84 Å². The first-order valence-corrected chi connectivity index (χ1v) is 8.10. The lowest BCUT2D eigenvalue weighted by Crippen LogP contribution is -2.42. The van der Waals surface area contributed by atoms with Crippen LogP contribution in [0, 0.1) is 0 Å². The highest BCUT2D eigenvalue weighted by atomic mass is 16.5. The number of aliphatic hydroxyl groups excluding tert-OH is 1. The first-order chi connectivity index (χ1) is 10.3. The molecule has 1 atom stereocenters. The Bertz CT molecular complexity index is 453. The highest BCUT2D eigenvalue weighted by Gasteiger charge is 2.30. The average molecular weight is 291 g/mol. The van der Waals surface area contributed by atoms with Gasteiger partial charge in [0.25, 0.3) is 0 Å². The van der Waals surface area contributed by atoms with E-state index in [-0.39, 0.29) is 12.1 Å². The van der Waals surface area contributed by atoms with E-state index in [0.29, 0.717) is 5.92 Å². The van der Waals surface area contributed by atoms with Gasteiger partial charge in [0.1, 0.15) is 12.1 Å². The topological polar surface area (TPSA) is 67.3 Å². The Balaban J connectivity index is 1.74. The molecule has 1 aliphatic carbocycles. The maximum atomic E-state index is 9.88. The van der Waals surface area contributed by atoms with Crippen molar-refractivity contribution in [2.24, 2.45) is 0 Å². The highest BCUT2D eigenvalue weighted by molar-refractivity contribution is 5.39. The van der Waals surface area contributed by atoms with Gasteiger partial charge >= 0.3 is 0 Å². The number of nitrogens with zero attached hydrogens (tertiary/aromatic N) is 2. The summed E-state index contributed by atoms with van der Waals surface area (Å²) < 4.78 is 5.44. The number of nitrogens with one attached hydrogen (secondary N) is 1. The Hall–Kier alpha value is -1.20. The molecule has 21 heavy (non-hydrogen) atoms. The Labute approximate surface area is 126 Å². The molecule has 1 aromatic rings. The lowest BCUT2D eigenvalue weighted by atomic mass is 9.91. The number of ether oxygens (including phenoxy) is 1. The second-order valence-electron chi connectivity index (χ2n) is 6.37. The molecular formula is C16H25N3O2. The smallest absolute Gasteiger partial charge is 0.130 e. The Kier molecular flexibility index (Phi) is 4.70. The molecule has 0 radical (unpaired) electrons. The van der Waals surface area contributed by atoms with Gasteiger partial charge in [0, 0.05) is 18.6 Å². The average Bonchev–Trinajstić information content (AvgIpc) is 2.96. The van der Waals surface area contributed by atoms with Crippen molar-refractivity contribution in [3.63, 3.8) is 0 Å². The molecule has 0 aromatic carbocycles. The van der Waals surface area contributed by atoms with E-state index < -0.39 is 0 Å². The van der Waals surface area contributed by atoms with E-state index >= 15 is 0 Å². The summed E-state index contributed by atoms with van der Waals surface area (Å²) in [5, 5.41) is 13.4. The largest absolute Gasteiger partial charge is 0.394 e. The van der Waals surface area contributed by atoms with E-state index in [2.05, 4.69) is 15.3 Å². The summed E-state index contributed by atoms with van der Waals surface area (Å²) in [6.45, 7) is 1.73. The summed E-state index contributed by atoms with van der Waals surface area (Å²) in [4.78, 5) is 8.74. The molecule has 2 aliphatic rings. The standard InChI is InChI=1S/C16H25N3O2/c20-11-16(6-3-1-2-4-7-16)19-15-9-14(17-12-18-15)13-5-8-21-10-13/h9,12-13,20H,1-8,10-11H2,(H,17,18,19). The summed E-state index contributed by atoms with van der Waals surface area (Å²) in [5.74, 6) is 1.22. The van der Waals surface area contributed by atoms with Crippen LogP contribution in [0.2, 0.25) is 0 Å². The number of hydrogen-bond acceptors (Lipinski definition) is 5. The lowest BCUT2D eigenvalue weighted by molar-refractivity contribution is 0.193. The van der Waals surface area contributed by atoms with Crippen molar-refractivity contribution in [2.75, 3.05) is 25.1 Å². The summed E-state index contributed by atoms with van der Waals surface area (Å²) >= 11 is 0. The van der Waals surface area contributed by atoms with Crippen molar-refractivity contribution in [1.29, 1.82) is 0 Å². The summed E-state index contributed by atoms with van der Waals surface area (Å²) in [6, 6.07) is 2.03. The van der Waals surface area contributed by atoms with Crippen molar-refractivity contribution in [3.8, 4) is 0 Å². The number of rotatable bonds is 4. The first kappa shape index (κ1) is 14.7. The van der Waals surface area contributed by atoms with E-state index in [1.807, 2.05) is 6.07 Å². The third kappa shape index (κ3) is 3.52. The molecule has 3 rings (SSSR count). The third-order valence-electron chi connectivity index (χ3n) is 4.79. The SMILES string of the molecule is OCC1(Nc2cc(C3CCOC3)ncn2)CCCCCC1. The maximum Gasteiger partial charge on any atom is 0.130 e. The summed E-state index contributed by atoms with van der Waals surface area (Å²) in [6.07, 6.45) is 9.53. The van der Waals surface area contributed by atoms with Crippen molar-refractivity contribution >= 4 is 5.82 Å². The van der Waals surface area contributed by atoms with Gasteiger partial charge < -0.3 is 15.2 Å². The van der Waals surface area contributed by atoms with Crippen LogP contribution in [0.5, 0.6) is 0 Å². The zero-order chi connectivity index (χ0) is 14.5. The van der Waals surface area contributed by atoms with Gasteiger partial charge in [-0.15, -0.1) is 0 Å². The summed E-state index contributed by atoms with van der Waals surface area (Å²) in [5.41, 5.74) is 0.834. The van der Waals surface area contributed by atoms with Crippen LogP contribution in [0.1, 0.15) is 56.6 Å². The van der Waals surface area contributed by atoms with Crippen molar-refractivity contribution in [2.45, 2.75) is 56.4 Å². The molecule has 0 spiro atoms. The van der Waals surface area contributed by atoms with Gasteiger partial charge in [-0.05, 0) is 19.3 Å². The second-order valence-corrected chi connectivity index (χ2v) is 6.37. The Morgan fingerprint density at radius 3 is 2.71 bits per heavy atom. The van der Waals surface area contributed by atoms with Crippen LogP contribution in [0.3, 0.4) is 0 Å². The van der Waals surface area contributed by atoms with Gasteiger partial charge in [-0.3, -0.25) is 0 Å². The second kappa shape index (κ2) is 6.71. The summed E-state index contributed by atoms with van der Waals surface area (Å²) in [7, 11) is 0. The number of anilines is 1. The van der Waals surface area contributed by atoms with Gasteiger partial charge in [-0.25, -0.2) is 9.97 Å². The molecule has 116 valence electrons. The molecule has 2 heterocycles. The van der Waals surface area contributed by atoms with Crippen LogP contribution in [-0.4, -0.2) is 40.4 Å². The van der Waals surface area contributed by atoms with Gasteiger partial charge in [0.2, 0.25) is 0 Å². The van der Waals surface area contributed by atoms with Crippen LogP contribution >= 0.6 is 0 Å². The normalized spacial score (nSPS) is 25.5. The van der Waals surface area contributed by atoms with Gasteiger partial charge in [-0.1, -0.05) is 25.7 Å². The van der Waals surface area contributed by atoms with Crippen LogP contribution in [-0.2, 0) is 4.74 Å². The van der Waals surface area contributed by atoms with Gasteiger partial charge in [0.05, 0.1) is 24.4 Å². The van der Waals surface area contributed by atoms with E-state index in [4.69, 9.17) is 4.74 Å². The molecule has 1 saturated carbocycles. The third-order valence-corrected chi connectivity index (χ3v) is 4.79. The fourth-order valence-corrected chi connectivity index (χ4v) is 3.43. The fraction of sp³-hybridized carbons (Fsp3) is 0.750. The number of aromatic nitrogens is 2. The monoisotopic (exact) mass is 291 g/mol. The molecule has 1 saturated heterocycles. The van der Waals surface area contributed by atoms with E-state index in [1.54, 1.807) is 6.33 Å². The van der Waals surface area contributed by atoms with Crippen molar-refractivity contribution in [3.05, 3.63) is 18.1 Å². The van der Waals surface area contributed by atoms with Crippen LogP contribution in [0.25, 0.3) is 0 Å². The minimum absolute atomic E-state index is 0.166. The molecule has 1 aromatic heterocycles. The van der Waals surface area contributed by atoms with Crippen LogP contribution in [0.4, 0.5) is 5.82 Å². The quantitative estimate of drug-likeness (QED) is 0.834. The number of hydrogen-bond donors (Lipinski definition) is 2. The zero-order valence-corrected chi connectivity index (χ0v) is 12.6. The molecule has 1 aliphatic heterocycles. The molecule has 5 nitrogen and oxygen atoms in total. The fourth-order valence-electron chi connectivity index (χ4n) is 3.43. The molecular weight excluding hydrogens is 266 g/mol. The Morgan fingerprint density at radius 2 is 2.05 bits per heavy atom. The van der Waals surface area contributed by atoms with Crippen molar-refractivity contribution in [1.82, 2.24) is 9.97 Å². The van der Waals surface area contributed by atoms with Crippen LogP contribution < -0.4 is 5.32 Å². The molecule has 0 amide bonds. The van der Waals surface area contributed by atoms with Crippen LogP contribution in [0.15, 0.2) is 12.4 Å². The van der Waals surface area contributed by atoms with E-state index in [0.717, 1.165) is 44.0 Å². The minimum Gasteiger partial charge on any atom is -0.394 e. The van der Waals surface area contributed by atoms with E-state index in [1.165, 1.54) is 25.7 Å². The maximum absolute atomic E-state index is 9.88. The first-order valence-electron chi connectivity index (χ1n) is 8.10. The zero-order valence-electron chi connectivity index (χ0n) is 12.6. The predicted octanol–water partition coefficient (Wildman–Crippen LogP) is 2.48. The molecule has 2 fully saturated rings. The molecule has 2 N–H and O–H groups in total.